The third kappa shape index (κ3) is 3.29. The summed E-state index contributed by atoms with van der Waals surface area (Å²) in [7, 11) is -2.90. The highest BCUT2D eigenvalue weighted by molar-refractivity contribution is 7.92. The van der Waals surface area contributed by atoms with Crippen LogP contribution in [0.4, 0.5) is 14.5 Å². The Morgan fingerprint density at radius 2 is 1.96 bits per heavy atom. The fourth-order valence-electron chi connectivity index (χ4n) is 2.19. The second-order valence-electron chi connectivity index (χ2n) is 4.90. The van der Waals surface area contributed by atoms with Crippen LogP contribution in [0.3, 0.4) is 0 Å². The molecule has 0 fully saturated rings. The van der Waals surface area contributed by atoms with Gasteiger partial charge >= 0.3 is 0 Å². The predicted octanol–water partition coefficient (Wildman–Crippen LogP) is 2.56. The number of sulfonamides is 1. The van der Waals surface area contributed by atoms with E-state index in [0.29, 0.717) is 0 Å². The lowest BCUT2D eigenvalue weighted by molar-refractivity contribution is 0.385. The van der Waals surface area contributed by atoms with Gasteiger partial charge in [-0.2, -0.15) is 5.10 Å². The molecule has 1 aromatic heterocycles. The van der Waals surface area contributed by atoms with E-state index in [4.69, 9.17) is 4.74 Å². The molecule has 1 heterocycles. The van der Waals surface area contributed by atoms with Crippen molar-refractivity contribution >= 4 is 15.7 Å². The molecule has 0 unspecified atom stereocenters. The van der Waals surface area contributed by atoms with E-state index in [9.17, 15) is 17.2 Å². The number of nitrogens with zero attached hydrogens (tertiary/aromatic N) is 2. The summed E-state index contributed by atoms with van der Waals surface area (Å²) >= 11 is 0. The predicted molar refractivity (Wildman–Crippen MR) is 85.5 cm³/mol. The fraction of sp³-hybridized carbons (Fsp3) is 0.0667. The SMILES string of the molecule is COc1ccc(S(=O)(=O)Nc2cccc(F)c2-c2ncn[nH]2)cc1F. The zero-order chi connectivity index (χ0) is 18.0. The van der Waals surface area contributed by atoms with Gasteiger partial charge in [0.2, 0.25) is 0 Å². The number of hydrogen-bond donors (Lipinski definition) is 2. The molecule has 2 N–H and O–H groups in total. The molecule has 0 radical (unpaired) electrons. The minimum atomic E-state index is -4.17. The first-order chi connectivity index (χ1) is 11.9. The molecule has 0 atom stereocenters. The average molecular weight is 366 g/mol. The number of halogens is 2. The lowest BCUT2D eigenvalue weighted by Crippen LogP contribution is -2.14. The van der Waals surface area contributed by atoms with Crippen LogP contribution in [0.2, 0.25) is 0 Å². The quantitative estimate of drug-likeness (QED) is 0.723. The van der Waals surface area contributed by atoms with Crippen molar-refractivity contribution in [3.63, 3.8) is 0 Å². The lowest BCUT2D eigenvalue weighted by atomic mass is 10.1. The summed E-state index contributed by atoms with van der Waals surface area (Å²) in [6, 6.07) is 7.03. The Morgan fingerprint density at radius 3 is 2.60 bits per heavy atom. The van der Waals surface area contributed by atoms with Gasteiger partial charge in [-0.3, -0.25) is 9.82 Å². The van der Waals surface area contributed by atoms with Crippen molar-refractivity contribution in [3.8, 4) is 17.1 Å². The van der Waals surface area contributed by atoms with Gasteiger partial charge in [0.15, 0.2) is 17.4 Å². The van der Waals surface area contributed by atoms with E-state index in [1.807, 2.05) is 0 Å². The molecular formula is C15H12F2N4O3S. The van der Waals surface area contributed by atoms with Crippen LogP contribution in [-0.4, -0.2) is 30.7 Å². The Balaban J connectivity index is 2.02. The summed E-state index contributed by atoms with van der Waals surface area (Å²) in [6.45, 7) is 0. The molecule has 0 aliphatic heterocycles. The molecule has 25 heavy (non-hydrogen) atoms. The standard InChI is InChI=1S/C15H12F2N4O3S/c1-24-13-6-5-9(7-11(13)17)25(22,23)21-12-4-2-3-10(16)14(12)15-18-8-19-20-15/h2-8,21H,1H3,(H,18,19,20). The summed E-state index contributed by atoms with van der Waals surface area (Å²) in [5.74, 6) is -1.57. The van der Waals surface area contributed by atoms with Crippen LogP contribution in [-0.2, 0) is 10.0 Å². The van der Waals surface area contributed by atoms with Gasteiger partial charge in [0.25, 0.3) is 10.0 Å². The number of methoxy groups -OCH3 is 1. The van der Waals surface area contributed by atoms with Crippen molar-refractivity contribution in [2.75, 3.05) is 11.8 Å². The number of aromatic nitrogens is 3. The summed E-state index contributed by atoms with van der Waals surface area (Å²) in [5.41, 5.74) is -0.162. The maximum Gasteiger partial charge on any atom is 0.262 e. The molecule has 0 saturated carbocycles. The van der Waals surface area contributed by atoms with E-state index in [1.54, 1.807) is 0 Å². The number of H-pyrrole nitrogens is 1. The van der Waals surface area contributed by atoms with E-state index < -0.39 is 21.7 Å². The molecule has 0 saturated heterocycles. The van der Waals surface area contributed by atoms with Crippen molar-refractivity contribution < 1.29 is 21.9 Å². The Morgan fingerprint density at radius 1 is 1.16 bits per heavy atom. The second kappa shape index (κ2) is 6.48. The van der Waals surface area contributed by atoms with Gasteiger partial charge < -0.3 is 4.74 Å². The van der Waals surface area contributed by atoms with Crippen molar-refractivity contribution in [2.45, 2.75) is 4.90 Å². The zero-order valence-electron chi connectivity index (χ0n) is 12.8. The maximum atomic E-state index is 14.2. The fourth-order valence-corrected chi connectivity index (χ4v) is 3.28. The van der Waals surface area contributed by atoms with Crippen LogP contribution < -0.4 is 9.46 Å². The average Bonchev–Trinajstić information content (AvgIpc) is 3.08. The van der Waals surface area contributed by atoms with Crippen LogP contribution in [0.15, 0.2) is 47.6 Å². The number of ether oxygens (including phenoxy) is 1. The van der Waals surface area contributed by atoms with Gasteiger partial charge in [-0.15, -0.1) is 0 Å². The molecule has 0 bridgehead atoms. The molecule has 3 aromatic rings. The van der Waals surface area contributed by atoms with Gasteiger partial charge in [0, 0.05) is 0 Å². The van der Waals surface area contributed by atoms with Crippen molar-refractivity contribution in [3.05, 3.63) is 54.4 Å². The molecule has 3 rings (SSSR count). The molecule has 10 heteroatoms. The van der Waals surface area contributed by atoms with Gasteiger partial charge in [-0.1, -0.05) is 6.07 Å². The highest BCUT2D eigenvalue weighted by Gasteiger charge is 2.21. The Bertz CT molecular complexity index is 1010. The summed E-state index contributed by atoms with van der Waals surface area (Å²) in [5, 5.41) is 6.09. The number of nitrogens with one attached hydrogen (secondary N) is 2. The lowest BCUT2D eigenvalue weighted by Gasteiger charge is -2.12. The van der Waals surface area contributed by atoms with E-state index in [0.717, 1.165) is 12.1 Å². The van der Waals surface area contributed by atoms with Crippen molar-refractivity contribution in [1.29, 1.82) is 0 Å². The first-order valence-electron chi connectivity index (χ1n) is 6.93. The summed E-state index contributed by atoms with van der Waals surface area (Å²) in [6.07, 6.45) is 1.17. The third-order valence-corrected chi connectivity index (χ3v) is 4.71. The van der Waals surface area contributed by atoms with Crippen LogP contribution in [0.1, 0.15) is 0 Å². The number of aromatic amines is 1. The monoisotopic (exact) mass is 366 g/mol. The van der Waals surface area contributed by atoms with E-state index in [1.165, 1.54) is 37.7 Å². The minimum absolute atomic E-state index is 0.0525. The van der Waals surface area contributed by atoms with E-state index in [-0.39, 0.29) is 27.7 Å². The molecule has 0 spiro atoms. The Labute approximate surface area is 141 Å². The van der Waals surface area contributed by atoms with Gasteiger partial charge in [0.1, 0.15) is 12.1 Å². The highest BCUT2D eigenvalue weighted by Crippen LogP contribution is 2.30. The molecule has 2 aromatic carbocycles. The third-order valence-electron chi connectivity index (χ3n) is 3.34. The smallest absolute Gasteiger partial charge is 0.262 e. The number of anilines is 1. The van der Waals surface area contributed by atoms with Crippen LogP contribution >= 0.6 is 0 Å². The topological polar surface area (TPSA) is 97.0 Å². The molecule has 0 aliphatic rings. The Kier molecular flexibility index (Phi) is 4.36. The van der Waals surface area contributed by atoms with Crippen molar-refractivity contribution in [2.24, 2.45) is 0 Å². The van der Waals surface area contributed by atoms with Gasteiger partial charge in [0.05, 0.1) is 23.3 Å². The zero-order valence-corrected chi connectivity index (χ0v) is 13.6. The second-order valence-corrected chi connectivity index (χ2v) is 6.58. The normalized spacial score (nSPS) is 11.3. The molecular weight excluding hydrogens is 354 g/mol. The van der Waals surface area contributed by atoms with Crippen molar-refractivity contribution in [1.82, 2.24) is 15.2 Å². The first-order valence-corrected chi connectivity index (χ1v) is 8.41. The summed E-state index contributed by atoms with van der Waals surface area (Å²) in [4.78, 5) is 3.49. The van der Waals surface area contributed by atoms with E-state index >= 15 is 0 Å². The van der Waals surface area contributed by atoms with Crippen LogP contribution in [0, 0.1) is 11.6 Å². The minimum Gasteiger partial charge on any atom is -0.494 e. The molecule has 0 amide bonds. The molecule has 130 valence electrons. The van der Waals surface area contributed by atoms with Gasteiger partial charge in [-0.05, 0) is 30.3 Å². The molecule has 0 aliphatic carbocycles. The maximum absolute atomic E-state index is 14.2. The molecule has 7 nitrogen and oxygen atoms in total. The largest absolute Gasteiger partial charge is 0.494 e. The highest BCUT2D eigenvalue weighted by atomic mass is 32.2. The van der Waals surface area contributed by atoms with Crippen LogP contribution in [0.25, 0.3) is 11.4 Å². The number of rotatable bonds is 5. The van der Waals surface area contributed by atoms with Crippen LogP contribution in [0.5, 0.6) is 5.75 Å². The van der Waals surface area contributed by atoms with E-state index in [2.05, 4.69) is 19.9 Å². The number of benzene rings is 2. The first kappa shape index (κ1) is 16.8. The Hall–Kier alpha value is -3.01. The number of hydrogen-bond acceptors (Lipinski definition) is 5. The summed E-state index contributed by atoms with van der Waals surface area (Å²) < 4.78 is 59.9. The van der Waals surface area contributed by atoms with Gasteiger partial charge in [-0.25, -0.2) is 22.2 Å².